The Morgan fingerprint density at radius 2 is 1.55 bits per heavy atom. The first-order chi connectivity index (χ1) is 20.3. The van der Waals surface area contributed by atoms with Crippen molar-refractivity contribution in [1.29, 1.82) is 0 Å². The van der Waals surface area contributed by atoms with E-state index in [9.17, 15) is 19.2 Å². The first-order valence-electron chi connectivity index (χ1n) is 15.7. The van der Waals surface area contributed by atoms with Crippen molar-refractivity contribution in [3.63, 3.8) is 0 Å². The molecule has 11 nitrogen and oxygen atoms in total. The molecular weight excluding hydrogens is 538 g/mol. The van der Waals surface area contributed by atoms with Crippen LogP contribution in [-0.4, -0.2) is 76.1 Å². The summed E-state index contributed by atoms with van der Waals surface area (Å²) in [6, 6.07) is 3.29. The molecule has 1 aromatic heterocycles. The molecule has 1 saturated carbocycles. The maximum Gasteiger partial charge on any atom is 0.328 e. The molecule has 3 fully saturated rings. The van der Waals surface area contributed by atoms with E-state index >= 15 is 0 Å². The monoisotopic (exact) mass is 583 g/mol. The molecule has 3 heterocycles. The van der Waals surface area contributed by atoms with E-state index in [0.29, 0.717) is 68.1 Å². The van der Waals surface area contributed by atoms with Crippen molar-refractivity contribution in [2.45, 2.75) is 83.7 Å². The summed E-state index contributed by atoms with van der Waals surface area (Å²) in [6.07, 6.45) is 7.51. The van der Waals surface area contributed by atoms with Crippen LogP contribution in [0.25, 0.3) is 10.9 Å². The number of amides is 2. The third-order valence-corrected chi connectivity index (χ3v) is 9.60. The maximum absolute atomic E-state index is 13.5. The lowest BCUT2D eigenvalue weighted by Gasteiger charge is -2.48. The maximum atomic E-state index is 13.5. The molecule has 1 aliphatic carbocycles. The minimum atomic E-state index is -0.636. The fourth-order valence-electron chi connectivity index (χ4n) is 7.21. The summed E-state index contributed by atoms with van der Waals surface area (Å²) >= 11 is 0. The van der Waals surface area contributed by atoms with Crippen LogP contribution in [-0.2, 0) is 16.1 Å². The number of aromatic amines is 1. The van der Waals surface area contributed by atoms with E-state index < -0.39 is 11.2 Å². The summed E-state index contributed by atoms with van der Waals surface area (Å²) in [7, 11) is 0. The average Bonchev–Trinajstić information content (AvgIpc) is 3.00. The second-order valence-electron chi connectivity index (χ2n) is 12.0. The van der Waals surface area contributed by atoms with E-state index in [-0.39, 0.29) is 29.2 Å². The third-order valence-electron chi connectivity index (χ3n) is 9.60. The number of nitrogens with zero attached hydrogens (tertiary/aromatic N) is 3. The van der Waals surface area contributed by atoms with Crippen molar-refractivity contribution in [3.8, 4) is 11.5 Å². The Morgan fingerprint density at radius 3 is 2.14 bits per heavy atom. The number of carbonyl (C=O) groups is 2. The van der Waals surface area contributed by atoms with Crippen molar-refractivity contribution in [3.05, 3.63) is 33.0 Å². The minimum Gasteiger partial charge on any atom is -0.490 e. The van der Waals surface area contributed by atoms with Gasteiger partial charge in [-0.05, 0) is 90.3 Å². The normalized spacial score (nSPS) is 23.0. The molecule has 2 amide bonds. The standard InChI is InChI=1S/C31H45N5O6/c1-3-41-25-18-23-24(19-26(25)42-4-2)33-30(40)36(28(23)38)20-21-8-10-22(11-9-21)27(37)34-16-12-31(13-17-34,29(32)39)35-14-6-5-7-15-35/h18-19,21-22H,3-17,20H2,1-2H3,(H2,32,39)(H,33,40). The van der Waals surface area contributed by atoms with Crippen LogP contribution in [0.3, 0.4) is 0 Å². The van der Waals surface area contributed by atoms with Gasteiger partial charge in [0.2, 0.25) is 11.8 Å². The van der Waals surface area contributed by atoms with Crippen molar-refractivity contribution in [2.24, 2.45) is 17.6 Å². The highest BCUT2D eigenvalue weighted by atomic mass is 16.5. The van der Waals surface area contributed by atoms with E-state index in [2.05, 4.69) is 9.88 Å². The SMILES string of the molecule is CCOc1cc2[nH]c(=O)n(CC3CCC(C(=O)N4CCC(C(N)=O)(N5CCCCC5)CC4)CC3)c(=O)c2cc1OCC. The van der Waals surface area contributed by atoms with Crippen LogP contribution < -0.4 is 26.5 Å². The number of hydrogen-bond acceptors (Lipinski definition) is 7. The molecule has 0 radical (unpaired) electrons. The molecule has 42 heavy (non-hydrogen) atoms. The van der Waals surface area contributed by atoms with Gasteiger partial charge in [-0.25, -0.2) is 4.79 Å². The van der Waals surface area contributed by atoms with Gasteiger partial charge < -0.3 is 25.1 Å². The van der Waals surface area contributed by atoms with Gasteiger partial charge in [0, 0.05) is 31.6 Å². The third kappa shape index (κ3) is 5.93. The van der Waals surface area contributed by atoms with E-state index in [1.54, 1.807) is 12.1 Å². The molecule has 230 valence electrons. The van der Waals surface area contributed by atoms with Crippen LogP contribution in [0.15, 0.2) is 21.7 Å². The Bertz CT molecular complexity index is 1400. The predicted octanol–water partition coefficient (Wildman–Crippen LogP) is 2.63. The van der Waals surface area contributed by atoms with Crippen molar-refractivity contribution < 1.29 is 19.1 Å². The second kappa shape index (κ2) is 12.9. The highest BCUT2D eigenvalue weighted by Gasteiger charge is 2.46. The zero-order valence-electron chi connectivity index (χ0n) is 25.0. The minimum absolute atomic E-state index is 0.0744. The number of rotatable bonds is 9. The number of nitrogens with one attached hydrogen (secondary N) is 1. The number of likely N-dealkylation sites (tertiary alicyclic amines) is 2. The predicted molar refractivity (Wildman–Crippen MR) is 160 cm³/mol. The molecule has 3 aliphatic rings. The summed E-state index contributed by atoms with van der Waals surface area (Å²) in [6.45, 7) is 7.78. The molecule has 3 N–H and O–H groups in total. The summed E-state index contributed by atoms with van der Waals surface area (Å²) in [5.41, 5.74) is 4.91. The number of ether oxygens (including phenoxy) is 2. The first-order valence-corrected chi connectivity index (χ1v) is 15.7. The Balaban J connectivity index is 1.21. The van der Waals surface area contributed by atoms with Crippen LogP contribution in [0, 0.1) is 11.8 Å². The van der Waals surface area contributed by atoms with Crippen molar-refractivity contribution in [2.75, 3.05) is 39.4 Å². The van der Waals surface area contributed by atoms with Crippen molar-refractivity contribution in [1.82, 2.24) is 19.4 Å². The summed E-state index contributed by atoms with van der Waals surface area (Å²) in [5, 5.41) is 0.382. The fraction of sp³-hybridized carbons (Fsp3) is 0.677. The molecule has 0 bridgehead atoms. The smallest absolute Gasteiger partial charge is 0.328 e. The number of primary amides is 1. The number of nitrogens with two attached hydrogens (primary N) is 1. The lowest BCUT2D eigenvalue weighted by atomic mass is 9.79. The molecule has 0 atom stereocenters. The molecule has 2 saturated heterocycles. The number of aromatic nitrogens is 2. The number of hydrogen-bond donors (Lipinski definition) is 2. The molecule has 1 aromatic carbocycles. The first kappa shape index (κ1) is 30.1. The van der Waals surface area contributed by atoms with Gasteiger partial charge in [-0.3, -0.25) is 23.9 Å². The number of piperidine rings is 2. The van der Waals surface area contributed by atoms with Gasteiger partial charge in [0.05, 0.1) is 24.1 Å². The average molecular weight is 584 g/mol. The number of fused-ring (bicyclic) bond motifs is 1. The van der Waals surface area contributed by atoms with Gasteiger partial charge >= 0.3 is 5.69 Å². The summed E-state index contributed by atoms with van der Waals surface area (Å²) < 4.78 is 12.6. The highest BCUT2D eigenvalue weighted by molar-refractivity contribution is 5.86. The summed E-state index contributed by atoms with van der Waals surface area (Å²) in [4.78, 5) is 59.4. The molecule has 5 rings (SSSR count). The Morgan fingerprint density at radius 1 is 0.929 bits per heavy atom. The Labute approximate surface area is 246 Å². The lowest BCUT2D eigenvalue weighted by Crippen LogP contribution is -2.64. The topological polar surface area (TPSA) is 140 Å². The van der Waals surface area contributed by atoms with Gasteiger partial charge in [-0.15, -0.1) is 0 Å². The molecule has 2 aliphatic heterocycles. The van der Waals surface area contributed by atoms with E-state index in [1.807, 2.05) is 18.7 Å². The second-order valence-corrected chi connectivity index (χ2v) is 12.0. The fourth-order valence-corrected chi connectivity index (χ4v) is 7.21. The zero-order chi connectivity index (χ0) is 29.9. The summed E-state index contributed by atoms with van der Waals surface area (Å²) in [5.74, 6) is 0.905. The van der Waals surface area contributed by atoms with Crippen LogP contribution in [0.1, 0.15) is 71.6 Å². The quantitative estimate of drug-likeness (QED) is 0.463. The molecular formula is C31H45N5O6. The lowest BCUT2D eigenvalue weighted by molar-refractivity contribution is -0.145. The number of H-pyrrole nitrogens is 1. The van der Waals surface area contributed by atoms with E-state index in [1.165, 1.54) is 11.0 Å². The highest BCUT2D eigenvalue weighted by Crippen LogP contribution is 2.35. The van der Waals surface area contributed by atoms with Gasteiger partial charge in [0.1, 0.15) is 5.54 Å². The van der Waals surface area contributed by atoms with Crippen molar-refractivity contribution >= 4 is 22.7 Å². The van der Waals surface area contributed by atoms with Gasteiger partial charge in [0.25, 0.3) is 5.56 Å². The van der Waals surface area contributed by atoms with Gasteiger partial charge in [0.15, 0.2) is 11.5 Å². The van der Waals surface area contributed by atoms with Crippen LogP contribution in [0.2, 0.25) is 0 Å². The van der Waals surface area contributed by atoms with Crippen LogP contribution in [0.4, 0.5) is 0 Å². The van der Waals surface area contributed by atoms with Crippen LogP contribution in [0.5, 0.6) is 11.5 Å². The van der Waals surface area contributed by atoms with E-state index in [4.69, 9.17) is 15.2 Å². The Kier molecular flexibility index (Phi) is 9.25. The number of benzene rings is 1. The van der Waals surface area contributed by atoms with Gasteiger partial charge in [-0.2, -0.15) is 0 Å². The molecule has 0 spiro atoms. The van der Waals surface area contributed by atoms with Crippen LogP contribution >= 0.6 is 0 Å². The Hall–Kier alpha value is -3.34. The number of carbonyl (C=O) groups excluding carboxylic acids is 2. The molecule has 11 heteroatoms. The molecule has 2 aromatic rings. The van der Waals surface area contributed by atoms with E-state index in [0.717, 1.165) is 51.6 Å². The zero-order valence-corrected chi connectivity index (χ0v) is 25.0. The van der Waals surface area contributed by atoms with Gasteiger partial charge in [-0.1, -0.05) is 6.42 Å². The largest absolute Gasteiger partial charge is 0.490 e. The molecule has 0 unspecified atom stereocenters.